The monoisotopic (exact) mass is 375 g/mol. The number of rotatable bonds is 6. The van der Waals surface area contributed by atoms with Gasteiger partial charge in [-0.3, -0.25) is 0 Å². The minimum Gasteiger partial charge on any atom is -0.493 e. The third-order valence-corrected chi connectivity index (χ3v) is 4.04. The molecule has 7 nitrogen and oxygen atoms in total. The summed E-state index contributed by atoms with van der Waals surface area (Å²) >= 11 is 0. The molecule has 1 aliphatic rings. The summed E-state index contributed by atoms with van der Waals surface area (Å²) in [5.74, 6) is -0.827. The maximum absolute atomic E-state index is 12.5. The minimum absolute atomic E-state index is 0.137. The maximum atomic E-state index is 12.5. The molecule has 0 saturated carbocycles. The highest BCUT2D eigenvalue weighted by atomic mass is 16.5. The zero-order chi connectivity index (χ0) is 20.1. The van der Waals surface area contributed by atoms with E-state index in [2.05, 4.69) is 0 Å². The predicted molar refractivity (Wildman–Crippen MR) is 99.5 cm³/mol. The molecule has 146 valence electrons. The number of hydrogen-bond acceptors (Lipinski definition) is 7. The SMILES string of the molecule is COC(=O)C1=CN(C)C=C(C(=O)OC)C1c1cccc(OC)c1OC(C)C. The van der Waals surface area contributed by atoms with E-state index in [1.165, 1.54) is 21.3 Å². The number of carbonyl (C=O) groups is 2. The van der Waals surface area contributed by atoms with E-state index in [4.69, 9.17) is 18.9 Å². The van der Waals surface area contributed by atoms with Crippen LogP contribution >= 0.6 is 0 Å². The average molecular weight is 375 g/mol. The first kappa shape index (κ1) is 20.4. The molecule has 0 bridgehead atoms. The van der Waals surface area contributed by atoms with Gasteiger partial charge in [0, 0.05) is 25.0 Å². The number of esters is 2. The summed E-state index contributed by atoms with van der Waals surface area (Å²) in [6, 6.07) is 5.34. The lowest BCUT2D eigenvalue weighted by Gasteiger charge is -2.30. The van der Waals surface area contributed by atoms with Crippen molar-refractivity contribution in [2.24, 2.45) is 0 Å². The second-order valence-corrected chi connectivity index (χ2v) is 6.30. The van der Waals surface area contributed by atoms with E-state index < -0.39 is 17.9 Å². The zero-order valence-electron chi connectivity index (χ0n) is 16.4. The molecule has 1 aromatic carbocycles. The summed E-state index contributed by atoms with van der Waals surface area (Å²) < 4.78 is 21.3. The van der Waals surface area contributed by atoms with Gasteiger partial charge in [-0.15, -0.1) is 0 Å². The van der Waals surface area contributed by atoms with E-state index in [0.717, 1.165) is 0 Å². The van der Waals surface area contributed by atoms with Crippen LogP contribution in [0.4, 0.5) is 0 Å². The van der Waals surface area contributed by atoms with Gasteiger partial charge < -0.3 is 23.8 Å². The Labute approximate surface area is 159 Å². The molecule has 0 aliphatic carbocycles. The Morgan fingerprint density at radius 1 is 1.00 bits per heavy atom. The lowest BCUT2D eigenvalue weighted by atomic mass is 9.82. The molecule has 0 radical (unpaired) electrons. The van der Waals surface area contributed by atoms with Crippen molar-refractivity contribution in [3.63, 3.8) is 0 Å². The van der Waals surface area contributed by atoms with Crippen molar-refractivity contribution >= 4 is 11.9 Å². The summed E-state index contributed by atoms with van der Waals surface area (Å²) in [4.78, 5) is 26.6. The highest BCUT2D eigenvalue weighted by molar-refractivity contribution is 5.99. The molecule has 1 aromatic rings. The molecule has 1 aliphatic heterocycles. The molecular formula is C20H25NO6. The van der Waals surface area contributed by atoms with Crippen LogP contribution in [-0.4, -0.2) is 51.3 Å². The van der Waals surface area contributed by atoms with Crippen LogP contribution in [0, 0.1) is 0 Å². The first-order chi connectivity index (χ1) is 12.8. The molecule has 1 heterocycles. The van der Waals surface area contributed by atoms with Gasteiger partial charge in [0.15, 0.2) is 11.5 Å². The third-order valence-electron chi connectivity index (χ3n) is 4.04. The zero-order valence-corrected chi connectivity index (χ0v) is 16.4. The number of hydrogen-bond donors (Lipinski definition) is 0. The van der Waals surface area contributed by atoms with Crippen molar-refractivity contribution in [1.82, 2.24) is 4.90 Å². The number of nitrogens with zero attached hydrogens (tertiary/aromatic N) is 1. The molecule has 27 heavy (non-hydrogen) atoms. The topological polar surface area (TPSA) is 74.3 Å². The molecule has 0 spiro atoms. The Hall–Kier alpha value is -2.96. The van der Waals surface area contributed by atoms with Crippen LogP contribution in [0.5, 0.6) is 11.5 Å². The van der Waals surface area contributed by atoms with E-state index >= 15 is 0 Å². The quantitative estimate of drug-likeness (QED) is 0.708. The fourth-order valence-corrected chi connectivity index (χ4v) is 2.99. The van der Waals surface area contributed by atoms with Gasteiger partial charge in [-0.1, -0.05) is 12.1 Å². The second kappa shape index (κ2) is 8.62. The van der Waals surface area contributed by atoms with Crippen molar-refractivity contribution < 1.29 is 28.5 Å². The molecule has 2 rings (SSSR count). The molecule has 0 N–H and O–H groups in total. The van der Waals surface area contributed by atoms with E-state index in [1.807, 2.05) is 13.8 Å². The van der Waals surface area contributed by atoms with Crippen molar-refractivity contribution in [3.05, 3.63) is 47.3 Å². The van der Waals surface area contributed by atoms with Gasteiger partial charge in [-0.2, -0.15) is 0 Å². The van der Waals surface area contributed by atoms with Gasteiger partial charge in [-0.05, 0) is 19.9 Å². The summed E-state index contributed by atoms with van der Waals surface area (Å²) in [5.41, 5.74) is 1.21. The Bertz CT molecular complexity index is 747. The van der Waals surface area contributed by atoms with E-state index in [9.17, 15) is 9.59 Å². The van der Waals surface area contributed by atoms with Gasteiger partial charge in [0.2, 0.25) is 0 Å². The Morgan fingerprint density at radius 2 is 1.56 bits per heavy atom. The summed E-state index contributed by atoms with van der Waals surface area (Å²) in [6.07, 6.45) is 3.12. The summed E-state index contributed by atoms with van der Waals surface area (Å²) in [5, 5.41) is 0. The number of methoxy groups -OCH3 is 3. The van der Waals surface area contributed by atoms with E-state index in [-0.39, 0.29) is 6.10 Å². The predicted octanol–water partition coefficient (Wildman–Crippen LogP) is 2.63. The lowest BCUT2D eigenvalue weighted by Crippen LogP contribution is -2.28. The van der Waals surface area contributed by atoms with Crippen molar-refractivity contribution in [1.29, 1.82) is 0 Å². The fraction of sp³-hybridized carbons (Fsp3) is 0.400. The first-order valence-electron chi connectivity index (χ1n) is 8.49. The highest BCUT2D eigenvalue weighted by Crippen LogP contribution is 2.44. The summed E-state index contributed by atoms with van der Waals surface area (Å²) in [6.45, 7) is 3.78. The fourth-order valence-electron chi connectivity index (χ4n) is 2.99. The largest absolute Gasteiger partial charge is 0.493 e. The van der Waals surface area contributed by atoms with Crippen LogP contribution in [0.1, 0.15) is 25.3 Å². The van der Waals surface area contributed by atoms with Crippen molar-refractivity contribution in [2.75, 3.05) is 28.4 Å². The highest BCUT2D eigenvalue weighted by Gasteiger charge is 2.37. The van der Waals surface area contributed by atoms with E-state index in [1.54, 1.807) is 42.5 Å². The van der Waals surface area contributed by atoms with Gasteiger partial charge in [-0.25, -0.2) is 9.59 Å². The Morgan fingerprint density at radius 3 is 2.00 bits per heavy atom. The van der Waals surface area contributed by atoms with Gasteiger partial charge >= 0.3 is 11.9 Å². The molecule has 0 unspecified atom stereocenters. The lowest BCUT2D eigenvalue weighted by molar-refractivity contribution is -0.137. The standard InChI is InChI=1S/C20H25NO6/c1-12(2)27-18-13(8-7-9-16(18)24-4)17-14(19(22)25-5)10-21(3)11-15(17)20(23)26-6/h7-12,17H,1-6H3. The Balaban J connectivity index is 2.72. The molecule has 0 atom stereocenters. The minimum atomic E-state index is -0.718. The molecule has 7 heteroatoms. The van der Waals surface area contributed by atoms with Crippen molar-refractivity contribution in [2.45, 2.75) is 25.9 Å². The number of para-hydroxylation sites is 1. The molecule has 0 amide bonds. The second-order valence-electron chi connectivity index (χ2n) is 6.30. The van der Waals surface area contributed by atoms with Crippen LogP contribution in [0.3, 0.4) is 0 Å². The van der Waals surface area contributed by atoms with Crippen LogP contribution in [0.25, 0.3) is 0 Å². The molecule has 0 fully saturated rings. The Kier molecular flexibility index (Phi) is 6.50. The van der Waals surface area contributed by atoms with Gasteiger partial charge in [0.05, 0.1) is 44.5 Å². The molecular weight excluding hydrogens is 350 g/mol. The molecule has 0 saturated heterocycles. The first-order valence-corrected chi connectivity index (χ1v) is 8.49. The number of benzene rings is 1. The van der Waals surface area contributed by atoms with Gasteiger partial charge in [0.1, 0.15) is 0 Å². The van der Waals surface area contributed by atoms with E-state index in [0.29, 0.717) is 28.2 Å². The van der Waals surface area contributed by atoms with Crippen LogP contribution in [0.15, 0.2) is 41.7 Å². The van der Waals surface area contributed by atoms with Crippen molar-refractivity contribution in [3.8, 4) is 11.5 Å². The van der Waals surface area contributed by atoms with Gasteiger partial charge in [0.25, 0.3) is 0 Å². The third kappa shape index (κ3) is 4.24. The smallest absolute Gasteiger partial charge is 0.336 e. The number of ether oxygens (including phenoxy) is 4. The maximum Gasteiger partial charge on any atom is 0.336 e. The molecule has 0 aromatic heterocycles. The van der Waals surface area contributed by atoms with Crippen LogP contribution in [0.2, 0.25) is 0 Å². The van der Waals surface area contributed by atoms with Crippen LogP contribution in [-0.2, 0) is 19.1 Å². The normalized spacial score (nSPS) is 14.4. The summed E-state index contributed by atoms with van der Waals surface area (Å²) in [7, 11) is 5.86. The van der Waals surface area contributed by atoms with Crippen LogP contribution < -0.4 is 9.47 Å². The number of carbonyl (C=O) groups excluding carboxylic acids is 2. The average Bonchev–Trinajstić information content (AvgIpc) is 2.65.